The topological polar surface area (TPSA) is 45.1 Å². The maximum Gasteiger partial charge on any atom is 0.129 e. The fraction of sp³-hybridized carbons (Fsp3) is 0.353. The molecule has 0 saturated carbocycles. The molecule has 0 fully saturated rings. The van der Waals surface area contributed by atoms with Gasteiger partial charge in [0.2, 0.25) is 0 Å². The molecular weight excluding hydrogens is 296 g/mol. The molecule has 1 aromatic heterocycles. The Morgan fingerprint density at radius 1 is 1.27 bits per heavy atom. The van der Waals surface area contributed by atoms with E-state index in [1.807, 2.05) is 32.3 Å². The summed E-state index contributed by atoms with van der Waals surface area (Å²) in [5.41, 5.74) is 3.18. The number of hydrogen-bond acceptors (Lipinski definition) is 5. The van der Waals surface area contributed by atoms with E-state index in [0.29, 0.717) is 12.4 Å². The number of aromatic hydroxyl groups is 1. The number of phenols is 1. The van der Waals surface area contributed by atoms with Gasteiger partial charge in [0, 0.05) is 24.4 Å². The zero-order valence-corrected chi connectivity index (χ0v) is 13.6. The first-order valence-electron chi connectivity index (χ1n) is 7.36. The second-order valence-electron chi connectivity index (χ2n) is 5.70. The minimum atomic E-state index is 0.165. The first-order valence-corrected chi connectivity index (χ1v) is 8.24. The van der Waals surface area contributed by atoms with Gasteiger partial charge in [-0.1, -0.05) is 23.4 Å². The molecule has 5 heteroatoms. The largest absolute Gasteiger partial charge is 0.508 e. The Morgan fingerprint density at radius 3 is 2.86 bits per heavy atom. The average molecular weight is 316 g/mol. The van der Waals surface area contributed by atoms with Gasteiger partial charge < -0.3 is 14.8 Å². The second kappa shape index (κ2) is 6.50. The van der Waals surface area contributed by atoms with E-state index >= 15 is 0 Å². The summed E-state index contributed by atoms with van der Waals surface area (Å²) in [5.74, 6) is 0.512. The van der Waals surface area contributed by atoms with E-state index in [0.717, 1.165) is 24.2 Å². The third-order valence-electron chi connectivity index (χ3n) is 3.85. The normalized spacial score (nSPS) is 18.9. The van der Waals surface area contributed by atoms with Crippen molar-refractivity contribution in [3.05, 3.63) is 51.7 Å². The van der Waals surface area contributed by atoms with E-state index in [9.17, 15) is 5.11 Å². The highest BCUT2D eigenvalue weighted by Crippen LogP contribution is 2.43. The van der Waals surface area contributed by atoms with Gasteiger partial charge in [0.1, 0.15) is 12.4 Å². The van der Waals surface area contributed by atoms with Crippen molar-refractivity contribution in [1.82, 2.24) is 4.90 Å². The molecule has 1 aromatic carbocycles. The molecule has 116 valence electrons. The summed E-state index contributed by atoms with van der Waals surface area (Å²) < 4.78 is 0. The van der Waals surface area contributed by atoms with Crippen molar-refractivity contribution >= 4 is 17.0 Å². The summed E-state index contributed by atoms with van der Waals surface area (Å²) in [4.78, 5) is 8.70. The SMILES string of the molecule is CN(C)CCO/N=C1\CC(c2ccccc2O)c2ccsc21. The van der Waals surface area contributed by atoms with Crippen LogP contribution >= 0.6 is 11.3 Å². The Morgan fingerprint density at radius 2 is 2.09 bits per heavy atom. The number of oxime groups is 1. The fourth-order valence-corrected chi connectivity index (χ4v) is 3.66. The van der Waals surface area contributed by atoms with Crippen LogP contribution in [0.25, 0.3) is 0 Å². The van der Waals surface area contributed by atoms with Crippen LogP contribution in [0, 0.1) is 0 Å². The van der Waals surface area contributed by atoms with E-state index in [2.05, 4.69) is 21.5 Å². The van der Waals surface area contributed by atoms with Crippen molar-refractivity contribution in [2.75, 3.05) is 27.2 Å². The Hall–Kier alpha value is -1.85. The van der Waals surface area contributed by atoms with E-state index in [1.54, 1.807) is 17.4 Å². The highest BCUT2D eigenvalue weighted by atomic mass is 32.1. The van der Waals surface area contributed by atoms with Crippen LogP contribution in [-0.4, -0.2) is 43.0 Å². The molecule has 1 aliphatic rings. The van der Waals surface area contributed by atoms with Gasteiger partial charge in [0.05, 0.1) is 10.6 Å². The molecule has 3 rings (SSSR count). The zero-order chi connectivity index (χ0) is 15.5. The van der Waals surface area contributed by atoms with Gasteiger partial charge in [-0.15, -0.1) is 11.3 Å². The smallest absolute Gasteiger partial charge is 0.129 e. The molecule has 22 heavy (non-hydrogen) atoms. The molecule has 2 aromatic rings. The molecule has 0 saturated heterocycles. The van der Waals surface area contributed by atoms with Gasteiger partial charge in [-0.05, 0) is 37.2 Å². The summed E-state index contributed by atoms with van der Waals surface area (Å²) >= 11 is 1.69. The lowest BCUT2D eigenvalue weighted by atomic mass is 9.93. The van der Waals surface area contributed by atoms with Crippen molar-refractivity contribution in [1.29, 1.82) is 0 Å². The molecule has 0 aliphatic heterocycles. The van der Waals surface area contributed by atoms with Crippen molar-refractivity contribution in [2.45, 2.75) is 12.3 Å². The predicted molar refractivity (Wildman–Crippen MR) is 89.9 cm³/mol. The van der Waals surface area contributed by atoms with Crippen molar-refractivity contribution in [3.8, 4) is 5.75 Å². The Bertz CT molecular complexity index is 679. The molecule has 4 nitrogen and oxygen atoms in total. The second-order valence-corrected chi connectivity index (χ2v) is 6.61. The van der Waals surface area contributed by atoms with Crippen LogP contribution in [0.4, 0.5) is 0 Å². The summed E-state index contributed by atoms with van der Waals surface area (Å²) in [5, 5.41) is 16.5. The number of hydrogen-bond donors (Lipinski definition) is 1. The number of phenolic OH excluding ortho intramolecular Hbond substituents is 1. The number of thiophene rings is 1. The van der Waals surface area contributed by atoms with Gasteiger partial charge in [0.25, 0.3) is 0 Å². The Balaban J connectivity index is 1.80. The number of likely N-dealkylation sites (N-methyl/N-ethyl adjacent to an activating group) is 1. The molecular formula is C17H20N2O2S. The van der Waals surface area contributed by atoms with Crippen LogP contribution in [0.15, 0.2) is 40.9 Å². The van der Waals surface area contributed by atoms with E-state index < -0.39 is 0 Å². The minimum absolute atomic E-state index is 0.165. The lowest BCUT2D eigenvalue weighted by molar-refractivity contribution is 0.126. The van der Waals surface area contributed by atoms with Crippen molar-refractivity contribution < 1.29 is 9.94 Å². The summed E-state index contributed by atoms with van der Waals surface area (Å²) in [6, 6.07) is 9.66. The molecule has 1 unspecified atom stereocenters. The lowest BCUT2D eigenvalue weighted by Gasteiger charge is -2.12. The highest BCUT2D eigenvalue weighted by molar-refractivity contribution is 7.12. The maximum absolute atomic E-state index is 10.1. The van der Waals surface area contributed by atoms with Crippen LogP contribution in [0.2, 0.25) is 0 Å². The standard InChI is InChI=1S/C17H20N2O2S/c1-19(2)8-9-21-18-15-11-14(13-7-10-22-17(13)15)12-5-3-4-6-16(12)20/h3-7,10,14,20H,8-9,11H2,1-2H3/b18-15+. The molecule has 1 atom stereocenters. The van der Waals surface area contributed by atoms with Crippen LogP contribution in [0.3, 0.4) is 0 Å². The molecule has 1 aliphatic carbocycles. The Kier molecular flexibility index (Phi) is 4.45. The van der Waals surface area contributed by atoms with Gasteiger partial charge >= 0.3 is 0 Å². The fourth-order valence-electron chi connectivity index (χ4n) is 2.71. The Labute approximate surface area is 134 Å². The predicted octanol–water partition coefficient (Wildman–Crippen LogP) is 3.27. The molecule has 1 heterocycles. The molecule has 1 N–H and O–H groups in total. The lowest BCUT2D eigenvalue weighted by Crippen LogP contribution is -2.17. The first kappa shape index (κ1) is 15.1. The number of benzene rings is 1. The molecule has 0 radical (unpaired) electrons. The molecule has 0 spiro atoms. The highest BCUT2D eigenvalue weighted by Gasteiger charge is 2.32. The average Bonchev–Trinajstić information content (AvgIpc) is 3.07. The molecule has 0 amide bonds. The van der Waals surface area contributed by atoms with E-state index in [4.69, 9.17) is 4.84 Å². The van der Waals surface area contributed by atoms with Crippen LogP contribution in [-0.2, 0) is 4.84 Å². The number of fused-ring (bicyclic) bond motifs is 1. The van der Waals surface area contributed by atoms with E-state index in [1.165, 1.54) is 10.4 Å². The van der Waals surface area contributed by atoms with Gasteiger partial charge in [-0.25, -0.2) is 0 Å². The number of para-hydroxylation sites is 1. The van der Waals surface area contributed by atoms with E-state index in [-0.39, 0.29) is 5.92 Å². The van der Waals surface area contributed by atoms with Crippen LogP contribution in [0.1, 0.15) is 28.3 Å². The quantitative estimate of drug-likeness (QED) is 0.680. The summed E-state index contributed by atoms with van der Waals surface area (Å²) in [6.07, 6.45) is 0.779. The molecule has 0 bridgehead atoms. The van der Waals surface area contributed by atoms with Gasteiger partial charge in [-0.2, -0.15) is 0 Å². The monoisotopic (exact) mass is 316 g/mol. The first-order chi connectivity index (χ1) is 10.7. The maximum atomic E-state index is 10.1. The summed E-state index contributed by atoms with van der Waals surface area (Å²) in [7, 11) is 4.02. The number of nitrogens with zero attached hydrogens (tertiary/aromatic N) is 2. The zero-order valence-electron chi connectivity index (χ0n) is 12.8. The van der Waals surface area contributed by atoms with Gasteiger partial charge in [-0.3, -0.25) is 0 Å². The van der Waals surface area contributed by atoms with Crippen molar-refractivity contribution in [2.24, 2.45) is 5.16 Å². The third kappa shape index (κ3) is 3.00. The number of rotatable bonds is 5. The van der Waals surface area contributed by atoms with Crippen LogP contribution < -0.4 is 0 Å². The summed E-state index contributed by atoms with van der Waals surface area (Å²) in [6.45, 7) is 1.43. The van der Waals surface area contributed by atoms with Gasteiger partial charge in [0.15, 0.2) is 0 Å². The third-order valence-corrected chi connectivity index (χ3v) is 4.83. The van der Waals surface area contributed by atoms with Crippen molar-refractivity contribution in [3.63, 3.8) is 0 Å². The minimum Gasteiger partial charge on any atom is -0.508 e. The van der Waals surface area contributed by atoms with Crippen LogP contribution in [0.5, 0.6) is 5.75 Å².